The van der Waals surface area contributed by atoms with Crippen LogP contribution in [0.4, 0.5) is 4.39 Å². The van der Waals surface area contributed by atoms with Gasteiger partial charge in [0.1, 0.15) is 11.6 Å². The fraction of sp³-hybridized carbons (Fsp3) is 0.182. The van der Waals surface area contributed by atoms with Gasteiger partial charge in [0.05, 0.1) is 6.04 Å². The van der Waals surface area contributed by atoms with Gasteiger partial charge in [0.2, 0.25) is 12.6 Å². The molecule has 154 valence electrons. The molecule has 3 aromatic rings. The Hall–Kier alpha value is -3.81. The second-order valence-electron chi connectivity index (χ2n) is 6.65. The first-order valence-electron chi connectivity index (χ1n) is 9.21. The molecule has 1 aliphatic heterocycles. The minimum absolute atomic E-state index is 0.0501. The lowest BCUT2D eigenvalue weighted by atomic mass is 10.1. The summed E-state index contributed by atoms with van der Waals surface area (Å²) >= 11 is 0. The molecular formula is C22H18FNO6. The van der Waals surface area contributed by atoms with Crippen molar-refractivity contribution in [3.05, 3.63) is 71.7 Å². The molecule has 0 bridgehead atoms. The summed E-state index contributed by atoms with van der Waals surface area (Å²) in [6, 6.07) is 13.7. The van der Waals surface area contributed by atoms with Crippen LogP contribution in [0.25, 0.3) is 11.3 Å². The molecular weight excluding hydrogens is 393 g/mol. The Morgan fingerprint density at radius 3 is 2.63 bits per heavy atom. The Morgan fingerprint density at radius 2 is 1.83 bits per heavy atom. The molecule has 1 atom stereocenters. The highest BCUT2D eigenvalue weighted by Gasteiger charge is 2.19. The Bertz CT molecular complexity index is 1080. The van der Waals surface area contributed by atoms with Crippen LogP contribution < -0.4 is 14.8 Å². The molecule has 0 saturated heterocycles. The van der Waals surface area contributed by atoms with E-state index in [9.17, 15) is 14.0 Å². The number of carbonyl (C=O) groups excluding carboxylic acids is 2. The van der Waals surface area contributed by atoms with E-state index in [1.54, 1.807) is 25.1 Å². The first-order valence-corrected chi connectivity index (χ1v) is 9.21. The number of fused-ring (bicyclic) bond motifs is 1. The predicted molar refractivity (Wildman–Crippen MR) is 104 cm³/mol. The van der Waals surface area contributed by atoms with Gasteiger partial charge in [-0.2, -0.15) is 0 Å². The number of carbonyl (C=O) groups is 2. The number of halogens is 1. The number of hydrogen-bond acceptors (Lipinski definition) is 6. The summed E-state index contributed by atoms with van der Waals surface area (Å²) in [6.07, 6.45) is 0. The third kappa shape index (κ3) is 4.27. The molecule has 8 heteroatoms. The van der Waals surface area contributed by atoms with E-state index in [-0.39, 0.29) is 24.4 Å². The largest absolute Gasteiger partial charge is 0.454 e. The molecule has 0 saturated carbocycles. The SMILES string of the molecule is CC(NC(=O)COC(=O)c1ccc(-c2ccc(F)cc2)o1)c1ccc2c(c1)OCO2. The Morgan fingerprint density at radius 1 is 1.07 bits per heavy atom. The van der Waals surface area contributed by atoms with E-state index in [1.807, 2.05) is 6.07 Å². The topological polar surface area (TPSA) is 87.0 Å². The van der Waals surface area contributed by atoms with Crippen molar-refractivity contribution < 1.29 is 32.6 Å². The molecule has 30 heavy (non-hydrogen) atoms. The molecule has 1 aliphatic rings. The number of rotatable bonds is 6. The molecule has 0 spiro atoms. The maximum absolute atomic E-state index is 13.0. The van der Waals surface area contributed by atoms with Crippen LogP contribution in [0.5, 0.6) is 11.5 Å². The molecule has 1 N–H and O–H groups in total. The van der Waals surface area contributed by atoms with E-state index in [1.165, 1.54) is 30.3 Å². The van der Waals surface area contributed by atoms with Crippen molar-refractivity contribution in [1.82, 2.24) is 5.32 Å². The van der Waals surface area contributed by atoms with Gasteiger partial charge in [0.25, 0.3) is 5.91 Å². The third-order valence-electron chi connectivity index (χ3n) is 4.54. The predicted octanol–water partition coefficient (Wildman–Crippen LogP) is 3.85. The summed E-state index contributed by atoms with van der Waals surface area (Å²) in [6.45, 7) is 1.52. The summed E-state index contributed by atoms with van der Waals surface area (Å²) in [5.41, 5.74) is 1.44. The molecule has 1 unspecified atom stereocenters. The first kappa shape index (κ1) is 19.5. The summed E-state index contributed by atoms with van der Waals surface area (Å²) < 4.78 is 34.1. The minimum Gasteiger partial charge on any atom is -0.454 e. The highest BCUT2D eigenvalue weighted by molar-refractivity contribution is 5.89. The molecule has 1 amide bonds. The molecule has 2 heterocycles. The van der Waals surface area contributed by atoms with Gasteiger partial charge in [-0.3, -0.25) is 4.79 Å². The van der Waals surface area contributed by atoms with Crippen molar-refractivity contribution in [2.45, 2.75) is 13.0 Å². The first-order chi connectivity index (χ1) is 14.5. The molecule has 0 aliphatic carbocycles. The molecule has 7 nitrogen and oxygen atoms in total. The quantitative estimate of drug-likeness (QED) is 0.620. The van der Waals surface area contributed by atoms with Crippen molar-refractivity contribution in [2.75, 3.05) is 13.4 Å². The number of nitrogens with one attached hydrogen (secondary N) is 1. The Kier molecular flexibility index (Phi) is 5.38. The molecule has 0 radical (unpaired) electrons. The van der Waals surface area contributed by atoms with Crippen LogP contribution in [0.1, 0.15) is 29.1 Å². The lowest BCUT2D eigenvalue weighted by molar-refractivity contribution is -0.124. The maximum atomic E-state index is 13.0. The van der Waals surface area contributed by atoms with Crippen molar-refractivity contribution >= 4 is 11.9 Å². The van der Waals surface area contributed by atoms with E-state index >= 15 is 0 Å². The van der Waals surface area contributed by atoms with Gasteiger partial charge >= 0.3 is 5.97 Å². The van der Waals surface area contributed by atoms with Crippen LogP contribution in [0, 0.1) is 5.82 Å². The van der Waals surface area contributed by atoms with Gasteiger partial charge < -0.3 is 23.9 Å². The van der Waals surface area contributed by atoms with Crippen molar-refractivity contribution in [1.29, 1.82) is 0 Å². The summed E-state index contributed by atoms with van der Waals surface area (Å²) in [7, 11) is 0. The minimum atomic E-state index is -0.769. The van der Waals surface area contributed by atoms with Crippen LogP contribution in [0.3, 0.4) is 0 Å². The number of amides is 1. The van der Waals surface area contributed by atoms with Crippen LogP contribution in [0.15, 0.2) is 59.0 Å². The normalized spacial score (nSPS) is 13.0. The van der Waals surface area contributed by atoms with E-state index < -0.39 is 18.5 Å². The number of hydrogen-bond donors (Lipinski definition) is 1. The van der Waals surface area contributed by atoms with Crippen LogP contribution in [0.2, 0.25) is 0 Å². The zero-order valence-electron chi connectivity index (χ0n) is 16.0. The van der Waals surface area contributed by atoms with Gasteiger partial charge in [-0.05, 0) is 61.0 Å². The van der Waals surface area contributed by atoms with E-state index in [0.717, 1.165) is 5.56 Å². The van der Waals surface area contributed by atoms with E-state index in [2.05, 4.69) is 5.32 Å². The third-order valence-corrected chi connectivity index (χ3v) is 4.54. The fourth-order valence-corrected chi connectivity index (χ4v) is 2.97. The highest BCUT2D eigenvalue weighted by Crippen LogP contribution is 2.34. The van der Waals surface area contributed by atoms with Gasteiger partial charge in [-0.1, -0.05) is 6.07 Å². The van der Waals surface area contributed by atoms with Crippen molar-refractivity contribution in [3.8, 4) is 22.8 Å². The average molecular weight is 411 g/mol. The standard InChI is InChI=1S/C22H18FNO6/c1-13(15-4-7-18-20(10-15)29-12-28-18)24-21(25)11-27-22(26)19-9-8-17(30-19)14-2-5-16(23)6-3-14/h2-10,13H,11-12H2,1H3,(H,24,25). The monoisotopic (exact) mass is 411 g/mol. The Balaban J connectivity index is 1.30. The number of furan rings is 1. The zero-order valence-corrected chi connectivity index (χ0v) is 16.0. The maximum Gasteiger partial charge on any atom is 0.374 e. The summed E-state index contributed by atoms with van der Waals surface area (Å²) in [5, 5.41) is 2.75. The highest BCUT2D eigenvalue weighted by atomic mass is 19.1. The average Bonchev–Trinajstić information content (AvgIpc) is 3.41. The van der Waals surface area contributed by atoms with Crippen LogP contribution in [-0.4, -0.2) is 25.3 Å². The number of benzene rings is 2. The zero-order chi connectivity index (χ0) is 21.1. The smallest absolute Gasteiger partial charge is 0.374 e. The van der Waals surface area contributed by atoms with Gasteiger partial charge in [-0.15, -0.1) is 0 Å². The Labute approximate surface area is 171 Å². The second kappa shape index (κ2) is 8.28. The van der Waals surface area contributed by atoms with E-state index in [0.29, 0.717) is 22.8 Å². The van der Waals surface area contributed by atoms with Crippen LogP contribution >= 0.6 is 0 Å². The lowest BCUT2D eigenvalue weighted by Gasteiger charge is -2.14. The van der Waals surface area contributed by atoms with Crippen molar-refractivity contribution in [2.24, 2.45) is 0 Å². The molecule has 0 fully saturated rings. The van der Waals surface area contributed by atoms with Gasteiger partial charge in [0, 0.05) is 5.56 Å². The van der Waals surface area contributed by atoms with Crippen LogP contribution in [-0.2, 0) is 9.53 Å². The van der Waals surface area contributed by atoms with E-state index in [4.69, 9.17) is 18.6 Å². The molecule has 2 aromatic carbocycles. The van der Waals surface area contributed by atoms with Gasteiger partial charge in [0.15, 0.2) is 18.1 Å². The summed E-state index contributed by atoms with van der Waals surface area (Å²) in [5.74, 6) is 0.0206. The molecule has 4 rings (SSSR count). The molecule has 1 aromatic heterocycles. The fourth-order valence-electron chi connectivity index (χ4n) is 2.97. The number of ether oxygens (including phenoxy) is 3. The lowest BCUT2D eigenvalue weighted by Crippen LogP contribution is -2.31. The second-order valence-corrected chi connectivity index (χ2v) is 6.65. The van der Waals surface area contributed by atoms with Crippen molar-refractivity contribution in [3.63, 3.8) is 0 Å². The number of esters is 1. The van der Waals surface area contributed by atoms with Gasteiger partial charge in [-0.25, -0.2) is 9.18 Å². The summed E-state index contributed by atoms with van der Waals surface area (Å²) in [4.78, 5) is 24.3.